The van der Waals surface area contributed by atoms with Crippen LogP contribution in [0.15, 0.2) is 47.8 Å². The molecule has 1 atom stereocenters. The summed E-state index contributed by atoms with van der Waals surface area (Å²) < 4.78 is 15.6. The number of carbonyl (C=O) groups is 2. The summed E-state index contributed by atoms with van der Waals surface area (Å²) in [5.74, 6) is 0.169. The van der Waals surface area contributed by atoms with Crippen molar-refractivity contribution in [1.29, 1.82) is 0 Å². The topological polar surface area (TPSA) is 101 Å². The van der Waals surface area contributed by atoms with Crippen LogP contribution in [0.1, 0.15) is 49.4 Å². The molecule has 0 spiro atoms. The Balaban J connectivity index is 1.54. The highest BCUT2D eigenvalue weighted by molar-refractivity contribution is 6.33. The number of imidazole rings is 1. The van der Waals surface area contributed by atoms with E-state index in [-0.39, 0.29) is 24.1 Å². The van der Waals surface area contributed by atoms with Crippen molar-refractivity contribution in [3.05, 3.63) is 75.3 Å². The Bertz CT molecular complexity index is 1680. The second kappa shape index (κ2) is 9.60. The zero-order chi connectivity index (χ0) is 28.2. The van der Waals surface area contributed by atoms with Gasteiger partial charge in [0.05, 0.1) is 29.7 Å². The predicted octanol–water partition coefficient (Wildman–Crippen LogP) is 4.79. The van der Waals surface area contributed by atoms with Gasteiger partial charge in [0.1, 0.15) is 22.7 Å². The van der Waals surface area contributed by atoms with Gasteiger partial charge < -0.3 is 23.5 Å². The van der Waals surface area contributed by atoms with Gasteiger partial charge in [-0.1, -0.05) is 11.6 Å². The second-order valence-corrected chi connectivity index (χ2v) is 11.1. The summed E-state index contributed by atoms with van der Waals surface area (Å²) in [5.41, 5.74) is 1.81. The summed E-state index contributed by atoms with van der Waals surface area (Å²) >= 11 is 6.40. The highest BCUT2D eigenvalue weighted by Crippen LogP contribution is 2.34. The van der Waals surface area contributed by atoms with Crippen LogP contribution in [0.4, 0.5) is 4.79 Å². The van der Waals surface area contributed by atoms with E-state index in [1.807, 2.05) is 13.8 Å². The maximum absolute atomic E-state index is 13.7. The number of ether oxygens (including phenoxy) is 2. The molecule has 39 heavy (non-hydrogen) atoms. The van der Waals surface area contributed by atoms with Crippen molar-refractivity contribution in [1.82, 2.24) is 23.6 Å². The fourth-order valence-electron chi connectivity index (χ4n) is 4.84. The number of methoxy groups -OCH3 is 1. The van der Waals surface area contributed by atoms with Crippen LogP contribution in [0.5, 0.6) is 5.75 Å². The average molecular weight is 552 g/mol. The van der Waals surface area contributed by atoms with Gasteiger partial charge in [-0.3, -0.25) is 14.2 Å². The first-order valence-electron chi connectivity index (χ1n) is 12.5. The van der Waals surface area contributed by atoms with Crippen molar-refractivity contribution in [2.75, 3.05) is 7.11 Å². The van der Waals surface area contributed by atoms with E-state index < -0.39 is 11.7 Å². The minimum Gasteiger partial charge on any atom is -0.495 e. The molecule has 0 saturated heterocycles. The number of halogens is 1. The maximum atomic E-state index is 13.7. The van der Waals surface area contributed by atoms with E-state index >= 15 is 0 Å². The lowest BCUT2D eigenvalue weighted by atomic mass is 10.1. The molecule has 3 aromatic heterocycles. The largest absolute Gasteiger partial charge is 0.495 e. The van der Waals surface area contributed by atoms with Crippen LogP contribution >= 0.6 is 11.6 Å². The van der Waals surface area contributed by atoms with Gasteiger partial charge >= 0.3 is 6.09 Å². The highest BCUT2D eigenvalue weighted by Gasteiger charge is 2.32. The zero-order valence-electron chi connectivity index (χ0n) is 22.7. The van der Waals surface area contributed by atoms with E-state index in [4.69, 9.17) is 21.1 Å². The molecule has 0 N–H and O–H groups in total. The summed E-state index contributed by atoms with van der Waals surface area (Å²) in [4.78, 5) is 46.0. The number of hydrogen-bond donors (Lipinski definition) is 0. The molecular weight excluding hydrogens is 522 g/mol. The number of carbonyl (C=O) groups excluding carboxylic acids is 2. The second-order valence-electron chi connectivity index (χ2n) is 10.7. The first-order chi connectivity index (χ1) is 18.4. The van der Waals surface area contributed by atoms with Crippen molar-refractivity contribution in [3.63, 3.8) is 0 Å². The minimum atomic E-state index is -0.702. The van der Waals surface area contributed by atoms with Gasteiger partial charge in [0, 0.05) is 36.9 Å². The lowest BCUT2D eigenvalue weighted by molar-refractivity contribution is 0.0544. The first-order valence-corrected chi connectivity index (χ1v) is 12.9. The number of fused-ring (bicyclic) bond motifs is 2. The Morgan fingerprint density at radius 1 is 1.18 bits per heavy atom. The van der Waals surface area contributed by atoms with Crippen LogP contribution in [0.2, 0.25) is 5.02 Å². The van der Waals surface area contributed by atoms with Crippen LogP contribution in [-0.2, 0) is 17.8 Å². The molecule has 0 aliphatic carbocycles. The van der Waals surface area contributed by atoms with Gasteiger partial charge in [-0.2, -0.15) is 0 Å². The Morgan fingerprint density at radius 2 is 1.92 bits per heavy atom. The van der Waals surface area contributed by atoms with Gasteiger partial charge in [-0.15, -0.1) is 0 Å². The Morgan fingerprint density at radius 3 is 2.56 bits per heavy atom. The molecule has 0 saturated carbocycles. The molecule has 1 aliphatic heterocycles. The van der Waals surface area contributed by atoms with E-state index in [1.165, 1.54) is 16.2 Å². The fourth-order valence-corrected chi connectivity index (χ4v) is 5.08. The third kappa shape index (κ3) is 4.80. The standard InChI is InChI=1S/C28H30ClN5O5/c1-16-11-31(15-30-16)21-7-8-22-26(36)32(17(2)12-33(22)25(21)35)13-18-14-34(27(37)39-28(3,4)5)23-10-20(29)24(38-6)9-19(18)23/h7-11,14-15,17H,12-13H2,1-6H3. The quantitative estimate of drug-likeness (QED) is 0.361. The van der Waals surface area contributed by atoms with Crippen LogP contribution in [0, 0.1) is 6.92 Å². The number of hydrogen-bond acceptors (Lipinski definition) is 6. The Hall–Kier alpha value is -4.05. The average Bonchev–Trinajstić information content (AvgIpc) is 3.44. The van der Waals surface area contributed by atoms with Gasteiger partial charge in [0.25, 0.3) is 11.5 Å². The van der Waals surface area contributed by atoms with Crippen molar-refractivity contribution in [2.24, 2.45) is 0 Å². The van der Waals surface area contributed by atoms with Gasteiger partial charge in [-0.25, -0.2) is 9.78 Å². The fraction of sp³-hybridized carbons (Fsp3) is 0.357. The van der Waals surface area contributed by atoms with Crippen LogP contribution in [-0.4, -0.2) is 54.3 Å². The molecule has 1 aromatic carbocycles. The number of nitrogens with zero attached hydrogens (tertiary/aromatic N) is 5. The predicted molar refractivity (Wildman–Crippen MR) is 147 cm³/mol. The van der Waals surface area contributed by atoms with E-state index in [1.54, 1.807) is 73.2 Å². The normalized spacial score (nSPS) is 15.5. The summed E-state index contributed by atoms with van der Waals surface area (Å²) in [6.45, 7) is 9.64. The van der Waals surface area contributed by atoms with E-state index in [2.05, 4.69) is 4.98 Å². The Labute approximate surface area is 230 Å². The molecule has 0 fully saturated rings. The zero-order valence-corrected chi connectivity index (χ0v) is 23.4. The molecule has 0 bridgehead atoms. The number of amides is 1. The van der Waals surface area contributed by atoms with Gasteiger partial charge in [-0.05, 0) is 64.4 Å². The molecular formula is C28H30ClN5O5. The number of rotatable bonds is 4. The monoisotopic (exact) mass is 551 g/mol. The van der Waals surface area contributed by atoms with E-state index in [9.17, 15) is 14.4 Å². The van der Waals surface area contributed by atoms with Crippen molar-refractivity contribution < 1.29 is 19.1 Å². The van der Waals surface area contributed by atoms with Crippen LogP contribution in [0.25, 0.3) is 16.6 Å². The van der Waals surface area contributed by atoms with Crippen molar-refractivity contribution in [3.8, 4) is 11.4 Å². The molecule has 5 rings (SSSR count). The number of aromatic nitrogens is 4. The summed E-state index contributed by atoms with van der Waals surface area (Å²) in [6, 6.07) is 6.42. The molecule has 11 heteroatoms. The minimum absolute atomic E-state index is 0.202. The van der Waals surface area contributed by atoms with Crippen molar-refractivity contribution in [2.45, 2.75) is 59.4 Å². The van der Waals surface area contributed by atoms with Crippen molar-refractivity contribution >= 4 is 34.5 Å². The smallest absolute Gasteiger partial charge is 0.419 e. The third-order valence-electron chi connectivity index (χ3n) is 6.69. The van der Waals surface area contributed by atoms with Gasteiger partial charge in [0.2, 0.25) is 0 Å². The SMILES string of the molecule is COc1cc2c(CN3C(=O)c4ccc(-n5cnc(C)c5)c(=O)n4CC3C)cn(C(=O)OC(C)(C)C)c2cc1Cl. The molecule has 4 aromatic rings. The van der Waals surface area contributed by atoms with E-state index in [0.717, 1.165) is 5.69 Å². The maximum Gasteiger partial charge on any atom is 0.419 e. The Kier molecular flexibility index (Phi) is 6.54. The summed E-state index contributed by atoms with van der Waals surface area (Å²) in [6.07, 6.45) is 4.46. The highest BCUT2D eigenvalue weighted by atomic mass is 35.5. The molecule has 10 nitrogen and oxygen atoms in total. The number of benzene rings is 1. The first kappa shape index (κ1) is 26.6. The molecule has 4 heterocycles. The molecule has 1 unspecified atom stereocenters. The third-order valence-corrected chi connectivity index (χ3v) is 6.99. The van der Waals surface area contributed by atoms with E-state index in [0.29, 0.717) is 45.2 Å². The lowest BCUT2D eigenvalue weighted by Crippen LogP contribution is -2.49. The van der Waals surface area contributed by atoms with Crippen LogP contribution < -0.4 is 10.3 Å². The van der Waals surface area contributed by atoms with Gasteiger partial charge in [0.15, 0.2) is 0 Å². The summed E-state index contributed by atoms with van der Waals surface area (Å²) in [5, 5.41) is 1.05. The molecule has 204 valence electrons. The summed E-state index contributed by atoms with van der Waals surface area (Å²) in [7, 11) is 1.52. The lowest BCUT2D eigenvalue weighted by Gasteiger charge is -2.35. The number of pyridine rings is 1. The molecule has 1 amide bonds. The molecule has 1 aliphatic rings. The number of aryl methyl sites for hydroxylation is 1. The molecule has 0 radical (unpaired) electrons. The van der Waals surface area contributed by atoms with Crippen LogP contribution in [0.3, 0.4) is 0 Å².